The Morgan fingerprint density at radius 2 is 1.71 bits per heavy atom. The third-order valence-electron chi connectivity index (χ3n) is 2.09. The van der Waals surface area contributed by atoms with Gasteiger partial charge in [0.25, 0.3) is 0 Å². The fourth-order valence-corrected chi connectivity index (χ4v) is 1.86. The van der Waals surface area contributed by atoms with Gasteiger partial charge in [-0.2, -0.15) is 0 Å². The number of sulfone groups is 1. The van der Waals surface area contributed by atoms with Crippen molar-refractivity contribution in [2.75, 3.05) is 12.0 Å². The van der Waals surface area contributed by atoms with E-state index >= 15 is 0 Å². The molecule has 0 saturated heterocycles. The molecule has 5 heteroatoms. The third-order valence-corrected chi connectivity index (χ3v) is 3.12. The average molecular weight is 224 g/mol. The van der Waals surface area contributed by atoms with Crippen LogP contribution in [0.1, 0.15) is 26.7 Å². The van der Waals surface area contributed by atoms with E-state index in [1.54, 1.807) is 0 Å². The van der Waals surface area contributed by atoms with E-state index < -0.39 is 22.0 Å². The molecule has 0 aliphatic carbocycles. The van der Waals surface area contributed by atoms with Gasteiger partial charge in [0.2, 0.25) is 0 Å². The van der Waals surface area contributed by atoms with Crippen molar-refractivity contribution in [3.05, 3.63) is 0 Å². The molecule has 0 spiro atoms. The number of rotatable bonds is 6. The molecule has 0 fully saturated rings. The monoisotopic (exact) mass is 224 g/mol. The SMILES string of the molecule is CC(C)C(O)C(O)CCCS(C)(=O)=O. The van der Waals surface area contributed by atoms with E-state index in [4.69, 9.17) is 0 Å². The van der Waals surface area contributed by atoms with E-state index in [0.717, 1.165) is 6.26 Å². The Morgan fingerprint density at radius 1 is 1.21 bits per heavy atom. The third kappa shape index (κ3) is 6.34. The molecule has 0 aliphatic rings. The summed E-state index contributed by atoms with van der Waals surface area (Å²) < 4.78 is 21.5. The van der Waals surface area contributed by atoms with Crippen molar-refractivity contribution in [2.24, 2.45) is 5.92 Å². The van der Waals surface area contributed by atoms with Crippen LogP contribution in [0.2, 0.25) is 0 Å². The van der Waals surface area contributed by atoms with Gasteiger partial charge in [-0.3, -0.25) is 0 Å². The Bertz CT molecular complexity index is 246. The van der Waals surface area contributed by atoms with Gasteiger partial charge in [0.05, 0.1) is 12.2 Å². The summed E-state index contributed by atoms with van der Waals surface area (Å²) in [5.74, 6) is 0.0535. The minimum atomic E-state index is -2.96. The van der Waals surface area contributed by atoms with Crippen LogP contribution in [0, 0.1) is 5.92 Å². The molecule has 0 radical (unpaired) electrons. The van der Waals surface area contributed by atoms with Gasteiger partial charge in [-0.15, -0.1) is 0 Å². The van der Waals surface area contributed by atoms with Gasteiger partial charge in [0, 0.05) is 12.0 Å². The second-order valence-electron chi connectivity index (χ2n) is 4.07. The molecule has 2 unspecified atom stereocenters. The van der Waals surface area contributed by atoms with Gasteiger partial charge in [-0.25, -0.2) is 8.42 Å². The van der Waals surface area contributed by atoms with Gasteiger partial charge in [-0.1, -0.05) is 13.8 Å². The van der Waals surface area contributed by atoms with E-state index in [2.05, 4.69) is 0 Å². The predicted molar refractivity (Wildman–Crippen MR) is 55.8 cm³/mol. The Hall–Kier alpha value is -0.130. The quantitative estimate of drug-likeness (QED) is 0.675. The summed E-state index contributed by atoms with van der Waals surface area (Å²) in [4.78, 5) is 0. The number of hydrogen-bond donors (Lipinski definition) is 2. The molecule has 0 saturated carbocycles. The van der Waals surface area contributed by atoms with Crippen molar-refractivity contribution < 1.29 is 18.6 Å². The van der Waals surface area contributed by atoms with Crippen molar-refractivity contribution in [3.63, 3.8) is 0 Å². The van der Waals surface area contributed by atoms with Crippen molar-refractivity contribution in [1.29, 1.82) is 0 Å². The highest BCUT2D eigenvalue weighted by atomic mass is 32.2. The van der Waals surface area contributed by atoms with Gasteiger partial charge >= 0.3 is 0 Å². The molecular formula is C9H20O4S. The van der Waals surface area contributed by atoms with Gasteiger partial charge in [0.1, 0.15) is 9.84 Å². The van der Waals surface area contributed by atoms with E-state index in [9.17, 15) is 18.6 Å². The lowest BCUT2D eigenvalue weighted by molar-refractivity contribution is -0.0122. The van der Waals surface area contributed by atoms with Crippen molar-refractivity contribution in [1.82, 2.24) is 0 Å². The average Bonchev–Trinajstić information content (AvgIpc) is 2.00. The van der Waals surface area contributed by atoms with E-state index in [1.807, 2.05) is 13.8 Å². The summed E-state index contributed by atoms with van der Waals surface area (Å²) in [7, 11) is -2.96. The van der Waals surface area contributed by atoms with Crippen LogP contribution >= 0.6 is 0 Å². The number of aliphatic hydroxyl groups is 2. The van der Waals surface area contributed by atoms with Crippen LogP contribution < -0.4 is 0 Å². The first-order valence-electron chi connectivity index (χ1n) is 4.78. The molecule has 2 atom stereocenters. The highest BCUT2D eigenvalue weighted by Crippen LogP contribution is 2.11. The first kappa shape index (κ1) is 13.9. The lowest BCUT2D eigenvalue weighted by Crippen LogP contribution is -2.31. The molecule has 86 valence electrons. The number of aliphatic hydroxyl groups excluding tert-OH is 2. The zero-order chi connectivity index (χ0) is 11.4. The fourth-order valence-electron chi connectivity index (χ4n) is 1.17. The molecule has 0 amide bonds. The zero-order valence-corrected chi connectivity index (χ0v) is 9.79. The van der Waals surface area contributed by atoms with Crippen LogP contribution in [0.3, 0.4) is 0 Å². The second kappa shape index (κ2) is 5.68. The maximum Gasteiger partial charge on any atom is 0.147 e. The zero-order valence-electron chi connectivity index (χ0n) is 8.97. The minimum absolute atomic E-state index is 0.0109. The maximum atomic E-state index is 10.8. The summed E-state index contributed by atoms with van der Waals surface area (Å²) in [6.45, 7) is 3.62. The van der Waals surface area contributed by atoms with Gasteiger partial charge in [0.15, 0.2) is 0 Å². The fraction of sp³-hybridized carbons (Fsp3) is 1.00. The summed E-state index contributed by atoms with van der Waals surface area (Å²) in [6, 6.07) is 0. The van der Waals surface area contributed by atoms with E-state index in [-0.39, 0.29) is 11.7 Å². The van der Waals surface area contributed by atoms with E-state index in [1.165, 1.54) is 0 Å². The van der Waals surface area contributed by atoms with Gasteiger partial charge < -0.3 is 10.2 Å². The predicted octanol–water partition coefficient (Wildman–Crippen LogP) is 0.189. The molecule has 4 nitrogen and oxygen atoms in total. The summed E-state index contributed by atoms with van der Waals surface area (Å²) in [5.41, 5.74) is 0. The first-order chi connectivity index (χ1) is 6.24. The first-order valence-corrected chi connectivity index (χ1v) is 6.84. The Balaban J connectivity index is 3.80. The largest absolute Gasteiger partial charge is 0.390 e. The van der Waals surface area contributed by atoms with Crippen LogP contribution in [0.15, 0.2) is 0 Å². The molecule has 0 aromatic carbocycles. The lowest BCUT2D eigenvalue weighted by Gasteiger charge is -2.20. The molecule has 0 rings (SSSR count). The molecular weight excluding hydrogens is 204 g/mol. The molecule has 0 aliphatic heterocycles. The van der Waals surface area contributed by atoms with Crippen LogP contribution in [-0.4, -0.2) is 42.8 Å². The number of hydrogen-bond acceptors (Lipinski definition) is 4. The van der Waals surface area contributed by atoms with Crippen molar-refractivity contribution in [2.45, 2.75) is 38.9 Å². The lowest BCUT2D eigenvalue weighted by atomic mass is 9.99. The highest BCUT2D eigenvalue weighted by Gasteiger charge is 2.19. The smallest absolute Gasteiger partial charge is 0.147 e. The topological polar surface area (TPSA) is 74.6 Å². The van der Waals surface area contributed by atoms with Crippen LogP contribution in [0.4, 0.5) is 0 Å². The summed E-state index contributed by atoms with van der Waals surface area (Å²) >= 11 is 0. The summed E-state index contributed by atoms with van der Waals surface area (Å²) in [6.07, 6.45) is 0.292. The van der Waals surface area contributed by atoms with Crippen LogP contribution in [0.5, 0.6) is 0 Å². The Morgan fingerprint density at radius 3 is 2.07 bits per heavy atom. The summed E-state index contributed by atoms with van der Waals surface area (Å²) in [5, 5.41) is 18.9. The maximum absolute atomic E-state index is 10.8. The molecule has 0 aromatic rings. The normalized spacial score (nSPS) is 17.0. The molecule has 0 aromatic heterocycles. The minimum Gasteiger partial charge on any atom is -0.390 e. The van der Waals surface area contributed by atoms with Crippen molar-refractivity contribution in [3.8, 4) is 0 Å². The molecule has 0 heterocycles. The van der Waals surface area contributed by atoms with Crippen LogP contribution in [-0.2, 0) is 9.84 Å². The van der Waals surface area contributed by atoms with Gasteiger partial charge in [-0.05, 0) is 18.8 Å². The standard InChI is InChI=1S/C9H20O4S/c1-7(2)9(11)8(10)5-4-6-14(3,12)13/h7-11H,4-6H2,1-3H3. The Kier molecular flexibility index (Phi) is 5.63. The molecule has 14 heavy (non-hydrogen) atoms. The Labute approximate surface area is 85.9 Å². The molecule has 0 bridgehead atoms. The van der Waals surface area contributed by atoms with Crippen molar-refractivity contribution >= 4 is 9.84 Å². The van der Waals surface area contributed by atoms with E-state index in [0.29, 0.717) is 12.8 Å². The molecule has 2 N–H and O–H groups in total. The second-order valence-corrected chi connectivity index (χ2v) is 6.33. The highest BCUT2D eigenvalue weighted by molar-refractivity contribution is 7.90. The van der Waals surface area contributed by atoms with Crippen LogP contribution in [0.25, 0.3) is 0 Å².